The zero-order chi connectivity index (χ0) is 9.52. The van der Waals surface area contributed by atoms with Crippen molar-refractivity contribution in [2.45, 2.75) is 39.0 Å². The molecule has 0 unspecified atom stereocenters. The van der Waals surface area contributed by atoms with Crippen LogP contribution in [0.1, 0.15) is 39.0 Å². The molecule has 13 heavy (non-hydrogen) atoms. The summed E-state index contributed by atoms with van der Waals surface area (Å²) in [5.41, 5.74) is 5.48. The normalized spacial score (nSPS) is 16.8. The van der Waals surface area contributed by atoms with E-state index in [1.807, 2.05) is 0 Å². The van der Waals surface area contributed by atoms with Crippen molar-refractivity contribution in [3.63, 3.8) is 0 Å². The van der Waals surface area contributed by atoms with Gasteiger partial charge in [0.2, 0.25) is 0 Å². The van der Waals surface area contributed by atoms with Crippen LogP contribution in [-0.4, -0.2) is 31.1 Å². The largest absolute Gasteiger partial charge is 0.330 e. The van der Waals surface area contributed by atoms with Crippen molar-refractivity contribution in [2.24, 2.45) is 11.7 Å². The molecule has 0 heterocycles. The Bertz CT molecular complexity index is 121. The molecule has 1 aliphatic carbocycles. The molecule has 2 N–H and O–H groups in total. The van der Waals surface area contributed by atoms with Crippen molar-refractivity contribution in [1.29, 1.82) is 0 Å². The van der Waals surface area contributed by atoms with Gasteiger partial charge in [-0.15, -0.1) is 0 Å². The molecule has 78 valence electrons. The molecule has 0 aromatic rings. The van der Waals surface area contributed by atoms with Gasteiger partial charge in [-0.05, 0) is 57.7 Å². The molecule has 0 aromatic carbocycles. The first-order valence-electron chi connectivity index (χ1n) is 5.79. The molecule has 2 heteroatoms. The van der Waals surface area contributed by atoms with Gasteiger partial charge in [-0.3, -0.25) is 0 Å². The number of nitrogens with zero attached hydrogens (tertiary/aromatic N) is 1. The SMILES string of the molecule is CCCN(CCCCN)CC1CC1. The van der Waals surface area contributed by atoms with Crippen molar-refractivity contribution >= 4 is 0 Å². The van der Waals surface area contributed by atoms with E-state index in [1.165, 1.54) is 51.7 Å². The molecule has 0 aromatic heterocycles. The number of hydrogen-bond acceptors (Lipinski definition) is 2. The summed E-state index contributed by atoms with van der Waals surface area (Å²) in [6.45, 7) is 7.01. The van der Waals surface area contributed by atoms with E-state index in [2.05, 4.69) is 11.8 Å². The Kier molecular flexibility index (Phi) is 5.40. The lowest BCUT2D eigenvalue weighted by Gasteiger charge is -2.21. The van der Waals surface area contributed by atoms with Gasteiger partial charge in [0.25, 0.3) is 0 Å². The molecule has 1 rings (SSSR count). The van der Waals surface area contributed by atoms with Gasteiger partial charge in [0.05, 0.1) is 0 Å². The standard InChI is InChI=1S/C11H24N2/c1-2-8-13(9-4-3-7-12)10-11-5-6-11/h11H,2-10,12H2,1H3. The zero-order valence-electron chi connectivity index (χ0n) is 8.97. The number of hydrogen-bond donors (Lipinski definition) is 1. The summed E-state index contributed by atoms with van der Waals surface area (Å²) < 4.78 is 0. The molecule has 2 nitrogen and oxygen atoms in total. The molecular weight excluding hydrogens is 160 g/mol. The minimum atomic E-state index is 0.851. The molecule has 0 spiro atoms. The van der Waals surface area contributed by atoms with Gasteiger partial charge in [0, 0.05) is 6.54 Å². The van der Waals surface area contributed by atoms with Crippen molar-refractivity contribution in [3.8, 4) is 0 Å². The molecule has 0 aliphatic heterocycles. The lowest BCUT2D eigenvalue weighted by atomic mass is 10.2. The van der Waals surface area contributed by atoms with Crippen LogP contribution in [0.4, 0.5) is 0 Å². The average Bonchev–Trinajstić information content (AvgIpc) is 2.89. The smallest absolute Gasteiger partial charge is 0.000966 e. The zero-order valence-corrected chi connectivity index (χ0v) is 8.97. The van der Waals surface area contributed by atoms with Crippen LogP contribution in [0, 0.1) is 5.92 Å². The van der Waals surface area contributed by atoms with Gasteiger partial charge >= 0.3 is 0 Å². The molecule has 1 saturated carbocycles. The van der Waals surface area contributed by atoms with E-state index in [0.717, 1.165) is 12.5 Å². The highest BCUT2D eigenvalue weighted by molar-refractivity contribution is 4.77. The predicted molar refractivity (Wildman–Crippen MR) is 57.7 cm³/mol. The van der Waals surface area contributed by atoms with Crippen LogP contribution in [-0.2, 0) is 0 Å². The Morgan fingerprint density at radius 3 is 2.54 bits per heavy atom. The van der Waals surface area contributed by atoms with Crippen LogP contribution in [0.15, 0.2) is 0 Å². The monoisotopic (exact) mass is 184 g/mol. The molecule has 0 amide bonds. The molecule has 0 saturated heterocycles. The first-order valence-corrected chi connectivity index (χ1v) is 5.79. The maximum atomic E-state index is 5.48. The van der Waals surface area contributed by atoms with E-state index < -0.39 is 0 Å². The number of rotatable bonds is 8. The van der Waals surface area contributed by atoms with Crippen LogP contribution in [0.2, 0.25) is 0 Å². The third-order valence-corrected chi connectivity index (χ3v) is 2.68. The molecule has 1 fully saturated rings. The maximum absolute atomic E-state index is 5.48. The van der Waals surface area contributed by atoms with Gasteiger partial charge in [-0.25, -0.2) is 0 Å². The lowest BCUT2D eigenvalue weighted by molar-refractivity contribution is 0.258. The summed E-state index contributed by atoms with van der Waals surface area (Å²) in [4.78, 5) is 2.62. The fourth-order valence-corrected chi connectivity index (χ4v) is 1.76. The summed E-state index contributed by atoms with van der Waals surface area (Å²) >= 11 is 0. The Hall–Kier alpha value is -0.0800. The maximum Gasteiger partial charge on any atom is 0.000966 e. The van der Waals surface area contributed by atoms with Gasteiger partial charge in [0.15, 0.2) is 0 Å². The van der Waals surface area contributed by atoms with E-state index in [1.54, 1.807) is 0 Å². The van der Waals surface area contributed by atoms with Crippen molar-refractivity contribution in [2.75, 3.05) is 26.2 Å². The van der Waals surface area contributed by atoms with Crippen molar-refractivity contribution in [3.05, 3.63) is 0 Å². The van der Waals surface area contributed by atoms with Crippen LogP contribution in [0.5, 0.6) is 0 Å². The summed E-state index contributed by atoms with van der Waals surface area (Å²) in [6, 6.07) is 0. The van der Waals surface area contributed by atoms with Crippen LogP contribution >= 0.6 is 0 Å². The first kappa shape index (κ1) is 11.0. The highest BCUT2D eigenvalue weighted by Crippen LogP contribution is 2.29. The summed E-state index contributed by atoms with van der Waals surface area (Å²) in [5.74, 6) is 1.03. The predicted octanol–water partition coefficient (Wildman–Crippen LogP) is 1.85. The topological polar surface area (TPSA) is 29.3 Å². The highest BCUT2D eigenvalue weighted by atomic mass is 15.1. The first-order chi connectivity index (χ1) is 6.36. The Labute approximate surface area is 82.5 Å². The lowest BCUT2D eigenvalue weighted by Crippen LogP contribution is -2.28. The van der Waals surface area contributed by atoms with Crippen LogP contribution < -0.4 is 5.73 Å². The summed E-state index contributed by atoms with van der Waals surface area (Å²) in [6.07, 6.45) is 6.69. The van der Waals surface area contributed by atoms with E-state index in [4.69, 9.17) is 5.73 Å². The average molecular weight is 184 g/mol. The van der Waals surface area contributed by atoms with Crippen LogP contribution in [0.3, 0.4) is 0 Å². The van der Waals surface area contributed by atoms with E-state index in [9.17, 15) is 0 Å². The molecule has 0 bridgehead atoms. The summed E-state index contributed by atoms with van der Waals surface area (Å²) in [7, 11) is 0. The van der Waals surface area contributed by atoms with Crippen LogP contribution in [0.25, 0.3) is 0 Å². The second kappa shape index (κ2) is 6.39. The van der Waals surface area contributed by atoms with E-state index in [0.29, 0.717) is 0 Å². The third-order valence-electron chi connectivity index (χ3n) is 2.68. The third kappa shape index (κ3) is 5.27. The van der Waals surface area contributed by atoms with Gasteiger partial charge < -0.3 is 10.6 Å². The highest BCUT2D eigenvalue weighted by Gasteiger charge is 2.23. The van der Waals surface area contributed by atoms with Gasteiger partial charge in [0.1, 0.15) is 0 Å². The second-order valence-electron chi connectivity index (χ2n) is 4.24. The Morgan fingerprint density at radius 2 is 2.00 bits per heavy atom. The second-order valence-corrected chi connectivity index (χ2v) is 4.24. The molecule has 1 aliphatic rings. The Morgan fingerprint density at radius 1 is 1.23 bits per heavy atom. The minimum Gasteiger partial charge on any atom is -0.330 e. The number of nitrogens with two attached hydrogens (primary N) is 1. The van der Waals surface area contributed by atoms with E-state index in [-0.39, 0.29) is 0 Å². The minimum absolute atomic E-state index is 0.851. The molecular formula is C11H24N2. The Balaban J connectivity index is 2.04. The number of unbranched alkanes of at least 4 members (excludes halogenated alkanes) is 1. The van der Waals surface area contributed by atoms with E-state index >= 15 is 0 Å². The van der Waals surface area contributed by atoms with Gasteiger partial charge in [-0.1, -0.05) is 6.92 Å². The van der Waals surface area contributed by atoms with Crippen molar-refractivity contribution in [1.82, 2.24) is 4.90 Å². The summed E-state index contributed by atoms with van der Waals surface area (Å²) in [5, 5.41) is 0. The fraction of sp³-hybridized carbons (Fsp3) is 1.00. The molecule has 0 radical (unpaired) electrons. The fourth-order valence-electron chi connectivity index (χ4n) is 1.76. The van der Waals surface area contributed by atoms with Crippen molar-refractivity contribution < 1.29 is 0 Å². The van der Waals surface area contributed by atoms with Gasteiger partial charge in [-0.2, -0.15) is 0 Å². The quantitative estimate of drug-likeness (QED) is 0.583. The molecule has 0 atom stereocenters.